The molecule has 0 aromatic carbocycles. The lowest BCUT2D eigenvalue weighted by Crippen LogP contribution is -2.57. The highest BCUT2D eigenvalue weighted by atomic mass is 32.1. The zero-order valence-corrected chi connectivity index (χ0v) is 19.6. The van der Waals surface area contributed by atoms with Gasteiger partial charge in [-0.25, -0.2) is 4.79 Å². The topological polar surface area (TPSA) is 244 Å². The Balaban J connectivity index is 2.89. The molecule has 0 spiro atoms. The molecule has 1 fully saturated rings. The average molecular weight is 504 g/mol. The Kier molecular flexibility index (Phi) is 12.1. The highest BCUT2D eigenvalue weighted by molar-refractivity contribution is 7.80. The molecule has 192 valence electrons. The van der Waals surface area contributed by atoms with Crippen LogP contribution in [0.1, 0.15) is 38.5 Å². The zero-order chi connectivity index (χ0) is 25.8. The van der Waals surface area contributed by atoms with Gasteiger partial charge in [-0.1, -0.05) is 0 Å². The van der Waals surface area contributed by atoms with E-state index in [0.717, 1.165) is 0 Å². The fourth-order valence-corrected chi connectivity index (χ4v) is 3.66. The molecule has 3 amide bonds. The summed E-state index contributed by atoms with van der Waals surface area (Å²) in [4.78, 5) is 65.3. The van der Waals surface area contributed by atoms with Crippen LogP contribution in [-0.2, 0) is 24.0 Å². The maximum atomic E-state index is 13.1. The predicted molar refractivity (Wildman–Crippen MR) is 125 cm³/mol. The normalized spacial score (nSPS) is 17.8. The number of carbonyl (C=O) groups is 5. The number of aliphatic imine (C=N–C) groups is 1. The van der Waals surface area contributed by atoms with E-state index in [0.29, 0.717) is 19.3 Å². The van der Waals surface area contributed by atoms with Crippen molar-refractivity contribution in [3.05, 3.63) is 0 Å². The summed E-state index contributed by atoms with van der Waals surface area (Å²) < 4.78 is 0. The van der Waals surface area contributed by atoms with Gasteiger partial charge in [0.2, 0.25) is 17.7 Å². The molecule has 34 heavy (non-hydrogen) atoms. The van der Waals surface area contributed by atoms with Crippen LogP contribution in [-0.4, -0.2) is 93.7 Å². The number of likely N-dealkylation sites (tertiary alicyclic amines) is 1. The van der Waals surface area contributed by atoms with Crippen LogP contribution >= 0.6 is 12.6 Å². The second-order valence-corrected chi connectivity index (χ2v) is 8.19. The number of guanidine groups is 1. The van der Waals surface area contributed by atoms with Crippen LogP contribution in [0.2, 0.25) is 0 Å². The maximum absolute atomic E-state index is 13.1. The molecule has 10 N–H and O–H groups in total. The first-order valence-electron chi connectivity index (χ1n) is 10.8. The van der Waals surface area contributed by atoms with Crippen molar-refractivity contribution in [1.29, 1.82) is 0 Å². The van der Waals surface area contributed by atoms with Gasteiger partial charge in [0.15, 0.2) is 5.96 Å². The molecule has 1 heterocycles. The number of aliphatic carboxylic acids is 2. The number of nitrogens with one attached hydrogen (secondary N) is 2. The number of nitrogens with zero attached hydrogens (tertiary/aromatic N) is 2. The first-order chi connectivity index (χ1) is 16.0. The molecule has 14 nitrogen and oxygen atoms in total. The van der Waals surface area contributed by atoms with Gasteiger partial charge in [0, 0.05) is 25.3 Å². The van der Waals surface area contributed by atoms with Crippen molar-refractivity contribution in [3.8, 4) is 0 Å². The maximum Gasteiger partial charge on any atom is 0.326 e. The number of nitrogens with two attached hydrogens (primary N) is 3. The van der Waals surface area contributed by atoms with E-state index < -0.39 is 53.8 Å². The molecule has 1 rings (SSSR count). The van der Waals surface area contributed by atoms with Crippen LogP contribution in [0.5, 0.6) is 0 Å². The van der Waals surface area contributed by atoms with Gasteiger partial charge in [-0.3, -0.25) is 24.2 Å². The summed E-state index contributed by atoms with van der Waals surface area (Å²) in [6, 6.07) is -4.38. The third-order valence-corrected chi connectivity index (χ3v) is 5.57. The van der Waals surface area contributed by atoms with Crippen molar-refractivity contribution in [2.24, 2.45) is 22.2 Å². The predicted octanol–water partition coefficient (Wildman–Crippen LogP) is -2.79. The van der Waals surface area contributed by atoms with E-state index in [4.69, 9.17) is 22.3 Å². The number of hydrogen-bond acceptors (Lipinski definition) is 8. The van der Waals surface area contributed by atoms with Crippen molar-refractivity contribution in [3.63, 3.8) is 0 Å². The molecule has 0 aromatic rings. The molecule has 0 bridgehead atoms. The second-order valence-electron chi connectivity index (χ2n) is 7.82. The van der Waals surface area contributed by atoms with E-state index in [1.165, 1.54) is 4.90 Å². The first-order valence-corrected chi connectivity index (χ1v) is 11.4. The smallest absolute Gasteiger partial charge is 0.326 e. The van der Waals surface area contributed by atoms with Crippen LogP contribution < -0.4 is 27.8 Å². The minimum absolute atomic E-state index is 0.121. The lowest BCUT2D eigenvalue weighted by atomic mass is 10.1. The highest BCUT2D eigenvalue weighted by Gasteiger charge is 2.38. The minimum atomic E-state index is -1.16. The fourth-order valence-electron chi connectivity index (χ4n) is 3.40. The lowest BCUT2D eigenvalue weighted by Gasteiger charge is -2.28. The van der Waals surface area contributed by atoms with Crippen LogP contribution in [0.15, 0.2) is 4.99 Å². The van der Waals surface area contributed by atoms with Gasteiger partial charge in [-0.15, -0.1) is 0 Å². The molecule has 0 saturated carbocycles. The van der Waals surface area contributed by atoms with Gasteiger partial charge in [-0.05, 0) is 32.1 Å². The van der Waals surface area contributed by atoms with E-state index >= 15 is 0 Å². The van der Waals surface area contributed by atoms with Crippen molar-refractivity contribution < 1.29 is 34.2 Å². The highest BCUT2D eigenvalue weighted by Crippen LogP contribution is 2.19. The average Bonchev–Trinajstić information content (AvgIpc) is 3.27. The molecule has 0 aliphatic carbocycles. The molecule has 15 heteroatoms. The summed E-state index contributed by atoms with van der Waals surface area (Å²) in [5.74, 6) is -4.53. The van der Waals surface area contributed by atoms with Crippen molar-refractivity contribution in [1.82, 2.24) is 15.5 Å². The van der Waals surface area contributed by atoms with Gasteiger partial charge < -0.3 is 42.9 Å². The molecular weight excluding hydrogens is 470 g/mol. The number of hydrogen-bond donors (Lipinski definition) is 8. The van der Waals surface area contributed by atoms with Crippen LogP contribution in [0.25, 0.3) is 0 Å². The summed E-state index contributed by atoms with van der Waals surface area (Å²) in [5, 5.41) is 23.1. The van der Waals surface area contributed by atoms with E-state index in [1.807, 2.05) is 0 Å². The van der Waals surface area contributed by atoms with E-state index in [2.05, 4.69) is 28.3 Å². The molecule has 1 saturated heterocycles. The number of carboxylic acids is 2. The van der Waals surface area contributed by atoms with Gasteiger partial charge in [0.25, 0.3) is 0 Å². The number of thiol groups is 1. The zero-order valence-electron chi connectivity index (χ0n) is 18.7. The van der Waals surface area contributed by atoms with Crippen LogP contribution in [0.3, 0.4) is 0 Å². The Morgan fingerprint density at radius 1 is 1.06 bits per heavy atom. The molecule has 0 unspecified atom stereocenters. The Hall–Kier alpha value is -3.07. The number of carboxylic acid groups (broad SMARTS) is 2. The molecule has 1 aliphatic rings. The minimum Gasteiger partial charge on any atom is -0.481 e. The fraction of sp³-hybridized carbons (Fsp3) is 0.684. The summed E-state index contributed by atoms with van der Waals surface area (Å²) in [7, 11) is 0. The van der Waals surface area contributed by atoms with E-state index in [9.17, 15) is 29.1 Å². The Morgan fingerprint density at radius 3 is 2.26 bits per heavy atom. The van der Waals surface area contributed by atoms with Gasteiger partial charge in [0.05, 0.1) is 6.04 Å². The van der Waals surface area contributed by atoms with E-state index in [1.54, 1.807) is 0 Å². The molecule has 1 aliphatic heterocycles. The summed E-state index contributed by atoms with van der Waals surface area (Å²) in [6.07, 6.45) is 0.812. The SMILES string of the molecule is NC(N)=NCCC[C@H](NC(=O)[C@H](CS)NC(=O)[C@@H](N)CCC(=O)O)C(=O)N1CCC[C@H]1C(=O)O. The molecule has 0 radical (unpaired) electrons. The summed E-state index contributed by atoms with van der Waals surface area (Å²) in [5.41, 5.74) is 16.3. The Bertz CT molecular complexity index is 791. The van der Waals surface area contributed by atoms with Crippen molar-refractivity contribution in [2.75, 3.05) is 18.8 Å². The van der Waals surface area contributed by atoms with Crippen molar-refractivity contribution in [2.45, 2.75) is 62.7 Å². The third-order valence-electron chi connectivity index (χ3n) is 5.20. The Morgan fingerprint density at radius 2 is 1.71 bits per heavy atom. The number of carbonyl (C=O) groups excluding carboxylic acids is 3. The Labute approximate surface area is 202 Å². The lowest BCUT2D eigenvalue weighted by molar-refractivity contribution is -0.149. The second kappa shape index (κ2) is 14.2. The van der Waals surface area contributed by atoms with Crippen molar-refractivity contribution >= 4 is 48.2 Å². The van der Waals surface area contributed by atoms with Crippen LogP contribution in [0, 0.1) is 0 Å². The summed E-state index contributed by atoms with van der Waals surface area (Å²) in [6.45, 7) is 0.427. The monoisotopic (exact) mass is 503 g/mol. The van der Waals surface area contributed by atoms with E-state index in [-0.39, 0.29) is 44.1 Å². The number of amides is 3. The van der Waals surface area contributed by atoms with Crippen LogP contribution in [0.4, 0.5) is 0 Å². The first kappa shape index (κ1) is 29.0. The molecule has 0 aromatic heterocycles. The van der Waals surface area contributed by atoms with Gasteiger partial charge in [-0.2, -0.15) is 12.6 Å². The van der Waals surface area contributed by atoms with Gasteiger partial charge >= 0.3 is 11.9 Å². The number of rotatable bonds is 14. The molecular formula is C19H33N7O7S. The molecule has 4 atom stereocenters. The van der Waals surface area contributed by atoms with Gasteiger partial charge in [0.1, 0.15) is 18.1 Å². The summed E-state index contributed by atoms with van der Waals surface area (Å²) >= 11 is 4.06. The quantitative estimate of drug-likeness (QED) is 0.0524. The largest absolute Gasteiger partial charge is 0.481 e. The standard InChI is InChI=1S/C19H33N7O7S/c20-10(5-6-14(27)28)15(29)25-12(9-34)16(30)24-11(3-1-7-23-19(21)22)17(31)26-8-2-4-13(26)18(32)33/h10-13,34H,1-9,20H2,(H,24,30)(H,25,29)(H,27,28)(H,32,33)(H4,21,22,23)/t10-,11-,12-,13-/m0/s1. The third kappa shape index (κ3) is 9.43.